The first kappa shape index (κ1) is 15.7. The van der Waals surface area contributed by atoms with Crippen molar-refractivity contribution in [2.24, 2.45) is 5.73 Å². The number of hydrogen-bond donors (Lipinski definition) is 1. The number of hydrogen-bond acceptors (Lipinski definition) is 3. The van der Waals surface area contributed by atoms with Crippen LogP contribution in [0.4, 0.5) is 4.39 Å². The Labute approximate surface area is 134 Å². The van der Waals surface area contributed by atoms with Gasteiger partial charge in [-0.2, -0.15) is 0 Å². The first-order chi connectivity index (χ1) is 10.5. The summed E-state index contributed by atoms with van der Waals surface area (Å²) in [6.07, 6.45) is 3.21. The predicted molar refractivity (Wildman–Crippen MR) is 82.1 cm³/mol. The van der Waals surface area contributed by atoms with Crippen LogP contribution in [0.15, 0.2) is 18.2 Å². The molecule has 2 N–H and O–H groups in total. The molecule has 0 bridgehead atoms. The van der Waals surface area contributed by atoms with E-state index in [0.717, 1.165) is 31.2 Å². The normalized spacial score (nSPS) is 24.5. The zero-order valence-electron chi connectivity index (χ0n) is 12.4. The first-order valence-corrected chi connectivity index (χ1v) is 8.02. The van der Waals surface area contributed by atoms with E-state index in [9.17, 15) is 9.18 Å². The van der Waals surface area contributed by atoms with Crippen LogP contribution in [-0.2, 0) is 9.53 Å². The molecule has 1 aliphatic heterocycles. The second kappa shape index (κ2) is 6.14. The van der Waals surface area contributed by atoms with Gasteiger partial charge in [-0.15, -0.1) is 0 Å². The van der Waals surface area contributed by atoms with Crippen LogP contribution in [0.25, 0.3) is 0 Å². The fourth-order valence-electron chi connectivity index (χ4n) is 3.28. The Hall–Kier alpha value is -1.17. The summed E-state index contributed by atoms with van der Waals surface area (Å²) in [4.78, 5) is 14.5. The molecule has 1 heterocycles. The van der Waals surface area contributed by atoms with Gasteiger partial charge >= 0.3 is 0 Å². The van der Waals surface area contributed by atoms with Crippen LogP contribution >= 0.6 is 11.6 Å². The van der Waals surface area contributed by atoms with Crippen molar-refractivity contribution >= 4 is 17.5 Å². The van der Waals surface area contributed by atoms with Gasteiger partial charge in [0.25, 0.3) is 0 Å². The van der Waals surface area contributed by atoms with Gasteiger partial charge in [-0.1, -0.05) is 30.5 Å². The van der Waals surface area contributed by atoms with Gasteiger partial charge in [-0.3, -0.25) is 4.79 Å². The van der Waals surface area contributed by atoms with Gasteiger partial charge in [0.15, 0.2) is 0 Å². The molecule has 0 aromatic heterocycles. The number of morpholine rings is 1. The third kappa shape index (κ3) is 2.98. The molecule has 3 rings (SSSR count). The van der Waals surface area contributed by atoms with Crippen molar-refractivity contribution in [1.82, 2.24) is 4.90 Å². The van der Waals surface area contributed by atoms with Crippen LogP contribution in [0.3, 0.4) is 0 Å². The van der Waals surface area contributed by atoms with Gasteiger partial charge in [-0.05, 0) is 30.5 Å². The summed E-state index contributed by atoms with van der Waals surface area (Å²) in [5.41, 5.74) is 6.32. The van der Waals surface area contributed by atoms with Gasteiger partial charge in [0.05, 0.1) is 23.7 Å². The minimum absolute atomic E-state index is 0.00603. The zero-order chi connectivity index (χ0) is 15.7. The molecule has 1 aromatic rings. The molecule has 1 aliphatic carbocycles. The Morgan fingerprint density at radius 2 is 2.14 bits per heavy atom. The second-order valence-electron chi connectivity index (χ2n) is 6.15. The third-order valence-electron chi connectivity index (χ3n) is 4.59. The molecule has 6 heteroatoms. The highest BCUT2D eigenvalue weighted by molar-refractivity contribution is 6.30. The fourth-order valence-corrected chi connectivity index (χ4v) is 3.47. The topological polar surface area (TPSA) is 55.6 Å². The molecular weight excluding hydrogens is 307 g/mol. The van der Waals surface area contributed by atoms with Gasteiger partial charge in [-0.25, -0.2) is 4.39 Å². The first-order valence-electron chi connectivity index (χ1n) is 7.64. The Bertz CT molecular complexity index is 575. The van der Waals surface area contributed by atoms with Crippen molar-refractivity contribution in [2.75, 3.05) is 19.7 Å². The van der Waals surface area contributed by atoms with Crippen molar-refractivity contribution in [2.45, 2.75) is 37.3 Å². The maximum atomic E-state index is 13.3. The highest BCUT2D eigenvalue weighted by Crippen LogP contribution is 2.32. The van der Waals surface area contributed by atoms with Crippen molar-refractivity contribution in [3.05, 3.63) is 34.6 Å². The number of benzene rings is 1. The van der Waals surface area contributed by atoms with E-state index in [4.69, 9.17) is 22.1 Å². The van der Waals surface area contributed by atoms with E-state index < -0.39 is 11.4 Å². The smallest absolute Gasteiger partial charge is 0.242 e. The lowest BCUT2D eigenvalue weighted by atomic mass is 9.96. The Morgan fingerprint density at radius 3 is 2.82 bits per heavy atom. The summed E-state index contributed by atoms with van der Waals surface area (Å²) in [7, 11) is 0. The molecule has 1 aromatic carbocycles. The molecule has 2 aliphatic rings. The zero-order valence-corrected chi connectivity index (χ0v) is 13.1. The molecule has 1 unspecified atom stereocenters. The lowest BCUT2D eigenvalue weighted by Crippen LogP contribution is -2.56. The SMILES string of the molecule is NC1(C(=O)N2CCOC(c3ccc(F)c(Cl)c3)C2)CCCC1. The van der Waals surface area contributed by atoms with Gasteiger partial charge in [0.2, 0.25) is 5.91 Å². The quantitative estimate of drug-likeness (QED) is 0.909. The number of nitrogens with zero attached hydrogens (tertiary/aromatic N) is 1. The molecule has 4 nitrogen and oxygen atoms in total. The average Bonchev–Trinajstić information content (AvgIpc) is 2.97. The monoisotopic (exact) mass is 326 g/mol. The van der Waals surface area contributed by atoms with Crippen molar-refractivity contribution in [1.29, 1.82) is 0 Å². The van der Waals surface area contributed by atoms with Gasteiger partial charge < -0.3 is 15.4 Å². The molecule has 120 valence electrons. The van der Waals surface area contributed by atoms with Crippen LogP contribution in [0.1, 0.15) is 37.4 Å². The molecular formula is C16H20ClFN2O2. The van der Waals surface area contributed by atoms with Crippen LogP contribution in [0.5, 0.6) is 0 Å². The van der Waals surface area contributed by atoms with E-state index in [1.165, 1.54) is 6.07 Å². The Kier molecular flexibility index (Phi) is 4.39. The van der Waals surface area contributed by atoms with E-state index in [0.29, 0.717) is 19.7 Å². The summed E-state index contributed by atoms with van der Waals surface area (Å²) in [6.45, 7) is 1.42. The fraction of sp³-hybridized carbons (Fsp3) is 0.562. The number of nitrogens with two attached hydrogens (primary N) is 1. The number of carbonyl (C=O) groups excluding carboxylic acids is 1. The molecule has 0 radical (unpaired) electrons. The number of halogens is 2. The Morgan fingerprint density at radius 1 is 1.41 bits per heavy atom. The minimum Gasteiger partial charge on any atom is -0.370 e. The summed E-state index contributed by atoms with van der Waals surface area (Å²) in [5.74, 6) is -0.451. The van der Waals surface area contributed by atoms with Crippen molar-refractivity contribution < 1.29 is 13.9 Å². The van der Waals surface area contributed by atoms with Crippen LogP contribution < -0.4 is 5.73 Å². The van der Waals surface area contributed by atoms with Gasteiger partial charge in [0.1, 0.15) is 11.9 Å². The highest BCUT2D eigenvalue weighted by atomic mass is 35.5. The average molecular weight is 327 g/mol. The lowest BCUT2D eigenvalue weighted by molar-refractivity contribution is -0.144. The third-order valence-corrected chi connectivity index (χ3v) is 4.88. The standard InChI is InChI=1S/C16H20ClFN2O2/c17-12-9-11(3-4-13(12)18)14-10-20(7-8-22-14)15(21)16(19)5-1-2-6-16/h3-4,9,14H,1-2,5-8,10,19H2. The molecule has 1 atom stereocenters. The summed E-state index contributed by atoms with van der Waals surface area (Å²) >= 11 is 5.83. The van der Waals surface area contributed by atoms with E-state index in [-0.39, 0.29) is 17.0 Å². The lowest BCUT2D eigenvalue weighted by Gasteiger charge is -2.37. The van der Waals surface area contributed by atoms with Crippen LogP contribution in [-0.4, -0.2) is 36.0 Å². The summed E-state index contributed by atoms with van der Waals surface area (Å²) < 4.78 is 19.0. The molecule has 1 saturated carbocycles. The van der Waals surface area contributed by atoms with E-state index in [2.05, 4.69) is 0 Å². The van der Waals surface area contributed by atoms with E-state index >= 15 is 0 Å². The summed E-state index contributed by atoms with van der Waals surface area (Å²) in [6, 6.07) is 4.53. The van der Waals surface area contributed by atoms with Gasteiger partial charge in [0, 0.05) is 6.54 Å². The van der Waals surface area contributed by atoms with Crippen molar-refractivity contribution in [3.8, 4) is 0 Å². The van der Waals surface area contributed by atoms with Crippen LogP contribution in [0, 0.1) is 5.82 Å². The molecule has 1 saturated heterocycles. The maximum Gasteiger partial charge on any atom is 0.242 e. The number of rotatable bonds is 2. The van der Waals surface area contributed by atoms with E-state index in [1.54, 1.807) is 17.0 Å². The summed E-state index contributed by atoms with van der Waals surface area (Å²) in [5, 5.41) is 0.0654. The van der Waals surface area contributed by atoms with E-state index in [1.807, 2.05) is 0 Å². The Balaban J connectivity index is 1.73. The molecule has 2 fully saturated rings. The molecule has 0 spiro atoms. The maximum absolute atomic E-state index is 13.3. The minimum atomic E-state index is -0.720. The number of carbonyl (C=O) groups is 1. The number of ether oxygens (including phenoxy) is 1. The highest BCUT2D eigenvalue weighted by Gasteiger charge is 2.41. The molecule has 1 amide bonds. The molecule has 22 heavy (non-hydrogen) atoms. The van der Waals surface area contributed by atoms with Crippen LogP contribution in [0.2, 0.25) is 5.02 Å². The second-order valence-corrected chi connectivity index (χ2v) is 6.55. The predicted octanol–water partition coefficient (Wildman–Crippen LogP) is 2.65. The van der Waals surface area contributed by atoms with Crippen molar-refractivity contribution in [3.63, 3.8) is 0 Å². The number of amides is 1. The largest absolute Gasteiger partial charge is 0.370 e.